The van der Waals surface area contributed by atoms with E-state index < -0.39 is 11.9 Å². The normalized spacial score (nSPS) is 30.0. The molecule has 2 aliphatic heterocycles. The van der Waals surface area contributed by atoms with Gasteiger partial charge in [-0.3, -0.25) is 9.59 Å². The Morgan fingerprint density at radius 2 is 2.24 bits per heavy atom. The second kappa shape index (κ2) is 5.46. The second-order valence-electron chi connectivity index (χ2n) is 4.57. The Labute approximate surface area is 100 Å². The summed E-state index contributed by atoms with van der Waals surface area (Å²) < 4.78 is 5.31. The molecule has 2 saturated heterocycles. The van der Waals surface area contributed by atoms with E-state index in [1.165, 1.54) is 0 Å². The van der Waals surface area contributed by atoms with E-state index in [9.17, 15) is 9.59 Å². The van der Waals surface area contributed by atoms with Crippen molar-refractivity contribution in [2.45, 2.75) is 18.9 Å². The molecule has 2 rings (SSSR count). The van der Waals surface area contributed by atoms with Crippen LogP contribution in [0.25, 0.3) is 0 Å². The topological polar surface area (TPSA) is 84.7 Å². The van der Waals surface area contributed by atoms with Gasteiger partial charge in [-0.1, -0.05) is 0 Å². The van der Waals surface area contributed by atoms with Crippen LogP contribution in [-0.2, 0) is 14.3 Å². The molecule has 2 aliphatic rings. The summed E-state index contributed by atoms with van der Waals surface area (Å²) in [6.07, 6.45) is 1.75. The number of nitrogens with one attached hydrogen (secondary N) is 1. The predicted molar refractivity (Wildman–Crippen MR) is 61.1 cm³/mol. The molecule has 6 nitrogen and oxygen atoms in total. The maximum Gasteiger partial charge on any atom is 0.241 e. The molecule has 6 heteroatoms. The van der Waals surface area contributed by atoms with Crippen LogP contribution in [-0.4, -0.2) is 55.6 Å². The molecule has 0 radical (unpaired) electrons. The molecule has 0 saturated carbocycles. The molecule has 0 aromatic rings. The minimum Gasteiger partial charge on any atom is -0.381 e. The van der Waals surface area contributed by atoms with Gasteiger partial charge in [0.25, 0.3) is 0 Å². The number of nitrogens with two attached hydrogens (primary N) is 1. The fourth-order valence-electron chi connectivity index (χ4n) is 2.39. The third kappa shape index (κ3) is 2.76. The Hall–Kier alpha value is -1.14. The van der Waals surface area contributed by atoms with Gasteiger partial charge in [0, 0.05) is 26.2 Å². The Morgan fingerprint density at radius 1 is 1.41 bits per heavy atom. The number of hydrogen-bond acceptors (Lipinski definition) is 4. The van der Waals surface area contributed by atoms with E-state index in [2.05, 4.69) is 5.32 Å². The van der Waals surface area contributed by atoms with Crippen LogP contribution in [0.5, 0.6) is 0 Å². The maximum absolute atomic E-state index is 12.3. The van der Waals surface area contributed by atoms with E-state index in [0.717, 1.165) is 19.4 Å². The van der Waals surface area contributed by atoms with Crippen LogP contribution in [0.4, 0.5) is 0 Å². The van der Waals surface area contributed by atoms with E-state index >= 15 is 0 Å². The van der Waals surface area contributed by atoms with E-state index in [0.29, 0.717) is 26.2 Å². The van der Waals surface area contributed by atoms with Crippen molar-refractivity contribution >= 4 is 11.8 Å². The minimum absolute atomic E-state index is 0.00926. The van der Waals surface area contributed by atoms with E-state index in [-0.39, 0.29) is 11.8 Å². The number of hydrogen-bond donors (Lipinski definition) is 2. The van der Waals surface area contributed by atoms with Gasteiger partial charge in [0.1, 0.15) is 6.04 Å². The zero-order chi connectivity index (χ0) is 12.3. The highest BCUT2D eigenvalue weighted by Gasteiger charge is 2.34. The van der Waals surface area contributed by atoms with Crippen LogP contribution in [0.2, 0.25) is 0 Å². The summed E-state index contributed by atoms with van der Waals surface area (Å²) in [4.78, 5) is 25.2. The van der Waals surface area contributed by atoms with Crippen molar-refractivity contribution in [1.82, 2.24) is 10.2 Å². The summed E-state index contributed by atoms with van der Waals surface area (Å²) in [6, 6.07) is -0.516. The van der Waals surface area contributed by atoms with Gasteiger partial charge in [-0.15, -0.1) is 0 Å². The molecule has 2 heterocycles. The molecule has 17 heavy (non-hydrogen) atoms. The van der Waals surface area contributed by atoms with Crippen molar-refractivity contribution in [3.8, 4) is 0 Å². The van der Waals surface area contributed by atoms with Crippen molar-refractivity contribution < 1.29 is 14.3 Å². The van der Waals surface area contributed by atoms with Gasteiger partial charge in [0.05, 0.1) is 12.5 Å². The van der Waals surface area contributed by atoms with Crippen molar-refractivity contribution in [1.29, 1.82) is 0 Å². The second-order valence-corrected chi connectivity index (χ2v) is 4.57. The average Bonchev–Trinajstić information content (AvgIpc) is 2.39. The molecule has 0 aromatic heterocycles. The Kier molecular flexibility index (Phi) is 3.96. The number of carbonyl (C=O) groups is 2. The summed E-state index contributed by atoms with van der Waals surface area (Å²) in [7, 11) is 0. The zero-order valence-corrected chi connectivity index (χ0v) is 9.85. The molecule has 2 atom stereocenters. The van der Waals surface area contributed by atoms with Crippen LogP contribution < -0.4 is 11.1 Å². The quantitative estimate of drug-likeness (QED) is 0.629. The summed E-state index contributed by atoms with van der Waals surface area (Å²) >= 11 is 0. The van der Waals surface area contributed by atoms with E-state index in [1.54, 1.807) is 4.90 Å². The van der Waals surface area contributed by atoms with E-state index in [1.807, 2.05) is 0 Å². The lowest BCUT2D eigenvalue weighted by Gasteiger charge is -2.37. The molecule has 0 bridgehead atoms. The molecule has 2 unspecified atom stereocenters. The van der Waals surface area contributed by atoms with Crippen molar-refractivity contribution in [2.24, 2.45) is 11.7 Å². The highest BCUT2D eigenvalue weighted by atomic mass is 16.5. The van der Waals surface area contributed by atoms with Gasteiger partial charge in [-0.2, -0.15) is 0 Å². The number of piperazine rings is 1. The lowest BCUT2D eigenvalue weighted by Crippen LogP contribution is -2.60. The highest BCUT2D eigenvalue weighted by Crippen LogP contribution is 2.18. The Balaban J connectivity index is 2.02. The van der Waals surface area contributed by atoms with Crippen LogP contribution in [0, 0.1) is 5.92 Å². The number of rotatable bonds is 2. The van der Waals surface area contributed by atoms with Gasteiger partial charge in [0.15, 0.2) is 0 Å². The lowest BCUT2D eigenvalue weighted by atomic mass is 9.99. The third-order valence-electron chi connectivity index (χ3n) is 3.36. The lowest BCUT2D eigenvalue weighted by molar-refractivity contribution is -0.147. The van der Waals surface area contributed by atoms with Crippen LogP contribution in [0.1, 0.15) is 12.8 Å². The Morgan fingerprint density at radius 3 is 2.88 bits per heavy atom. The number of ether oxygens (including phenoxy) is 1. The molecular formula is C11H19N3O3. The van der Waals surface area contributed by atoms with E-state index in [4.69, 9.17) is 10.5 Å². The maximum atomic E-state index is 12.3. The fraction of sp³-hybridized carbons (Fsp3) is 0.818. The summed E-state index contributed by atoms with van der Waals surface area (Å²) in [5.74, 6) is -0.541. The van der Waals surface area contributed by atoms with Crippen molar-refractivity contribution in [3.63, 3.8) is 0 Å². The highest BCUT2D eigenvalue weighted by molar-refractivity contribution is 5.88. The fourth-order valence-corrected chi connectivity index (χ4v) is 2.39. The largest absolute Gasteiger partial charge is 0.381 e. The SMILES string of the molecule is NC(=O)C1CNCCN1C(=O)C1CCCOC1. The zero-order valence-electron chi connectivity index (χ0n) is 9.85. The first-order valence-corrected chi connectivity index (χ1v) is 6.08. The van der Waals surface area contributed by atoms with Gasteiger partial charge < -0.3 is 20.7 Å². The monoisotopic (exact) mass is 241 g/mol. The molecular weight excluding hydrogens is 222 g/mol. The van der Waals surface area contributed by atoms with Crippen LogP contribution in [0.3, 0.4) is 0 Å². The van der Waals surface area contributed by atoms with Crippen LogP contribution >= 0.6 is 0 Å². The molecule has 2 fully saturated rings. The molecule has 3 N–H and O–H groups in total. The van der Waals surface area contributed by atoms with Crippen LogP contribution in [0.15, 0.2) is 0 Å². The van der Waals surface area contributed by atoms with Gasteiger partial charge in [0.2, 0.25) is 11.8 Å². The number of amides is 2. The number of primary amides is 1. The molecule has 2 amide bonds. The molecule has 0 aromatic carbocycles. The Bertz CT molecular complexity index is 302. The first-order chi connectivity index (χ1) is 8.20. The standard InChI is InChI=1S/C11H19N3O3/c12-10(15)9-6-13-3-4-14(9)11(16)8-2-1-5-17-7-8/h8-9,13H,1-7H2,(H2,12,15). The molecule has 0 spiro atoms. The predicted octanol–water partition coefficient (Wildman–Crippen LogP) is -1.30. The molecule has 0 aliphatic carbocycles. The average molecular weight is 241 g/mol. The first kappa shape index (κ1) is 12.3. The van der Waals surface area contributed by atoms with Gasteiger partial charge in [-0.25, -0.2) is 0 Å². The van der Waals surface area contributed by atoms with Crippen molar-refractivity contribution in [2.75, 3.05) is 32.8 Å². The summed E-state index contributed by atoms with van der Waals surface area (Å²) in [6.45, 7) is 2.90. The first-order valence-electron chi connectivity index (χ1n) is 6.08. The van der Waals surface area contributed by atoms with Gasteiger partial charge in [-0.05, 0) is 12.8 Å². The summed E-state index contributed by atoms with van der Waals surface area (Å²) in [5.41, 5.74) is 5.32. The smallest absolute Gasteiger partial charge is 0.241 e. The number of carbonyl (C=O) groups excluding carboxylic acids is 2. The third-order valence-corrected chi connectivity index (χ3v) is 3.36. The van der Waals surface area contributed by atoms with Crippen molar-refractivity contribution in [3.05, 3.63) is 0 Å². The minimum atomic E-state index is -0.516. The van der Waals surface area contributed by atoms with Gasteiger partial charge >= 0.3 is 0 Å². The summed E-state index contributed by atoms with van der Waals surface area (Å²) in [5, 5.41) is 3.08. The molecule has 96 valence electrons. The number of nitrogens with zero attached hydrogens (tertiary/aromatic N) is 1.